The van der Waals surface area contributed by atoms with Gasteiger partial charge in [-0.3, -0.25) is 10.3 Å². The molecule has 1 amide bonds. The zero-order valence-corrected chi connectivity index (χ0v) is 9.51. The average molecular weight is 239 g/mol. The number of aromatic nitrogens is 2. The second kappa shape index (κ2) is 4.27. The highest BCUT2D eigenvalue weighted by Crippen LogP contribution is 2.31. The van der Waals surface area contributed by atoms with Crippen molar-refractivity contribution in [1.29, 1.82) is 0 Å². The molecule has 1 fully saturated rings. The lowest BCUT2D eigenvalue weighted by Gasteiger charge is -2.16. The second-order valence-electron chi connectivity index (χ2n) is 4.07. The van der Waals surface area contributed by atoms with Gasteiger partial charge in [0.25, 0.3) is 0 Å². The summed E-state index contributed by atoms with van der Waals surface area (Å²) < 4.78 is 11.0. The van der Waals surface area contributed by atoms with Crippen LogP contribution in [-0.2, 0) is 9.47 Å². The van der Waals surface area contributed by atoms with Crippen LogP contribution in [0.2, 0.25) is 0 Å². The molecule has 1 saturated heterocycles. The smallest absolute Gasteiger partial charge is 0.410 e. The van der Waals surface area contributed by atoms with Crippen molar-refractivity contribution in [3.8, 4) is 0 Å². The summed E-state index contributed by atoms with van der Waals surface area (Å²) in [6.45, 7) is 4.05. The van der Waals surface area contributed by atoms with E-state index in [-0.39, 0.29) is 11.9 Å². The molecule has 0 aromatic carbocycles. The Labute approximate surface area is 97.8 Å². The molecule has 2 N–H and O–H groups in total. The van der Waals surface area contributed by atoms with E-state index in [0.29, 0.717) is 12.3 Å². The van der Waals surface area contributed by atoms with Crippen LogP contribution in [0.25, 0.3) is 0 Å². The molecule has 0 saturated carbocycles. The Bertz CT molecular complexity index is 418. The predicted molar refractivity (Wildman–Crippen MR) is 57.5 cm³/mol. The van der Waals surface area contributed by atoms with Gasteiger partial charge in [0.05, 0.1) is 24.7 Å². The van der Waals surface area contributed by atoms with Gasteiger partial charge in [0, 0.05) is 0 Å². The highest BCUT2D eigenvalue weighted by Gasteiger charge is 2.34. The van der Waals surface area contributed by atoms with Crippen LogP contribution in [0.5, 0.6) is 0 Å². The minimum atomic E-state index is -1.17. The number of nitrogens with zero attached hydrogens (tertiary/aromatic N) is 2. The lowest BCUT2D eigenvalue weighted by molar-refractivity contribution is -0.139. The van der Waals surface area contributed by atoms with Gasteiger partial charge in [-0.1, -0.05) is 0 Å². The van der Waals surface area contributed by atoms with Crippen LogP contribution in [0.4, 0.5) is 10.6 Å². The van der Waals surface area contributed by atoms with E-state index in [0.717, 1.165) is 0 Å². The van der Waals surface area contributed by atoms with Gasteiger partial charge in [-0.2, -0.15) is 0 Å². The summed E-state index contributed by atoms with van der Waals surface area (Å²) in [5.41, 5.74) is 0.617. The fourth-order valence-corrected chi connectivity index (χ4v) is 1.51. The summed E-state index contributed by atoms with van der Waals surface area (Å²) in [6.07, 6.45) is 1.38. The number of hydrogen-bond acceptors (Lipinski definition) is 5. The van der Waals surface area contributed by atoms with Crippen LogP contribution in [0.3, 0.4) is 0 Å². The highest BCUT2D eigenvalue weighted by atomic mass is 16.7. The molecular weight excluding hydrogens is 226 g/mol. The van der Waals surface area contributed by atoms with Crippen molar-refractivity contribution in [2.75, 3.05) is 11.9 Å². The van der Waals surface area contributed by atoms with E-state index in [1.807, 2.05) is 13.8 Å². The van der Waals surface area contributed by atoms with E-state index >= 15 is 0 Å². The molecule has 7 heteroatoms. The van der Waals surface area contributed by atoms with Gasteiger partial charge in [-0.25, -0.2) is 9.78 Å². The van der Waals surface area contributed by atoms with E-state index in [4.69, 9.17) is 14.6 Å². The first-order valence-electron chi connectivity index (χ1n) is 5.10. The van der Waals surface area contributed by atoms with Crippen molar-refractivity contribution in [3.63, 3.8) is 0 Å². The normalized spacial score (nSPS) is 22.4. The van der Waals surface area contributed by atoms with Crippen molar-refractivity contribution >= 4 is 11.9 Å². The monoisotopic (exact) mass is 239 g/mol. The topological polar surface area (TPSA) is 93.6 Å². The molecule has 1 aliphatic rings. The van der Waals surface area contributed by atoms with E-state index in [1.165, 1.54) is 12.4 Å². The molecule has 1 aromatic rings. The zero-order chi connectivity index (χ0) is 12.5. The van der Waals surface area contributed by atoms with Crippen molar-refractivity contribution in [2.24, 2.45) is 0 Å². The van der Waals surface area contributed by atoms with Crippen LogP contribution in [-0.4, -0.2) is 33.6 Å². The van der Waals surface area contributed by atoms with Gasteiger partial charge in [0.1, 0.15) is 6.10 Å². The third-order valence-corrected chi connectivity index (χ3v) is 2.25. The van der Waals surface area contributed by atoms with E-state index in [9.17, 15) is 4.79 Å². The Morgan fingerprint density at radius 2 is 2.29 bits per heavy atom. The first-order chi connectivity index (χ1) is 7.96. The molecule has 2 heterocycles. The molecular formula is C10H13N3O4. The summed E-state index contributed by atoms with van der Waals surface area (Å²) >= 11 is 0. The van der Waals surface area contributed by atoms with E-state index < -0.39 is 11.9 Å². The zero-order valence-electron chi connectivity index (χ0n) is 9.51. The number of carbonyl (C=O) groups is 1. The Morgan fingerprint density at radius 1 is 1.53 bits per heavy atom. The van der Waals surface area contributed by atoms with Crippen LogP contribution < -0.4 is 5.32 Å². The maximum absolute atomic E-state index is 10.4. The number of ether oxygens (including phenoxy) is 2. The maximum Gasteiger partial charge on any atom is 0.410 e. The molecule has 2 rings (SSSR count). The first kappa shape index (κ1) is 11.7. The SMILES string of the molecule is CC1(C)OC[C@H](c2cnc(NC(=O)O)cn2)O1. The fourth-order valence-electron chi connectivity index (χ4n) is 1.51. The lowest BCUT2D eigenvalue weighted by Crippen LogP contribution is -2.19. The van der Waals surface area contributed by atoms with Gasteiger partial charge < -0.3 is 14.6 Å². The minimum Gasteiger partial charge on any atom is -0.465 e. The molecule has 0 radical (unpaired) electrons. The highest BCUT2D eigenvalue weighted by molar-refractivity contribution is 5.81. The number of anilines is 1. The van der Waals surface area contributed by atoms with E-state index in [1.54, 1.807) is 0 Å². The van der Waals surface area contributed by atoms with Gasteiger partial charge in [0.2, 0.25) is 0 Å². The molecule has 1 aliphatic heterocycles. The maximum atomic E-state index is 10.4. The first-order valence-corrected chi connectivity index (χ1v) is 5.10. The van der Waals surface area contributed by atoms with Crippen LogP contribution in [0.1, 0.15) is 25.6 Å². The Balaban J connectivity index is 2.06. The third kappa shape index (κ3) is 2.89. The number of rotatable bonds is 2. The van der Waals surface area contributed by atoms with Crippen molar-refractivity contribution < 1.29 is 19.4 Å². The lowest BCUT2D eigenvalue weighted by atomic mass is 10.3. The summed E-state index contributed by atoms with van der Waals surface area (Å²) in [5.74, 6) is -0.441. The second-order valence-corrected chi connectivity index (χ2v) is 4.07. The van der Waals surface area contributed by atoms with E-state index in [2.05, 4.69) is 15.3 Å². The number of nitrogens with one attached hydrogen (secondary N) is 1. The third-order valence-electron chi connectivity index (χ3n) is 2.25. The van der Waals surface area contributed by atoms with Gasteiger partial charge >= 0.3 is 6.09 Å². The molecule has 1 atom stereocenters. The summed E-state index contributed by atoms with van der Waals surface area (Å²) in [6, 6.07) is 0. The quantitative estimate of drug-likeness (QED) is 0.810. The summed E-state index contributed by atoms with van der Waals surface area (Å²) in [4.78, 5) is 18.4. The van der Waals surface area contributed by atoms with Crippen LogP contribution >= 0.6 is 0 Å². The largest absolute Gasteiger partial charge is 0.465 e. The molecule has 17 heavy (non-hydrogen) atoms. The Kier molecular flexibility index (Phi) is 2.95. The number of hydrogen-bond donors (Lipinski definition) is 2. The Hall–Kier alpha value is -1.73. The van der Waals surface area contributed by atoms with Crippen LogP contribution in [0, 0.1) is 0 Å². The Morgan fingerprint density at radius 3 is 2.76 bits per heavy atom. The predicted octanol–water partition coefficient (Wildman–Crippen LogP) is 1.39. The molecule has 0 unspecified atom stereocenters. The molecule has 0 bridgehead atoms. The van der Waals surface area contributed by atoms with Crippen LogP contribution in [0.15, 0.2) is 12.4 Å². The molecule has 1 aromatic heterocycles. The van der Waals surface area contributed by atoms with Gasteiger partial charge in [-0.05, 0) is 13.8 Å². The summed E-state index contributed by atoms with van der Waals surface area (Å²) in [5, 5.41) is 10.6. The number of amides is 1. The average Bonchev–Trinajstić information content (AvgIpc) is 2.59. The minimum absolute atomic E-state index is 0.180. The molecule has 92 valence electrons. The summed E-state index contributed by atoms with van der Waals surface area (Å²) in [7, 11) is 0. The molecule has 7 nitrogen and oxygen atoms in total. The van der Waals surface area contributed by atoms with Gasteiger partial charge in [0.15, 0.2) is 11.6 Å². The molecule has 0 aliphatic carbocycles. The van der Waals surface area contributed by atoms with Crippen molar-refractivity contribution in [3.05, 3.63) is 18.1 Å². The molecule has 0 spiro atoms. The fraction of sp³-hybridized carbons (Fsp3) is 0.500. The van der Waals surface area contributed by atoms with Gasteiger partial charge in [-0.15, -0.1) is 0 Å². The van der Waals surface area contributed by atoms with Crippen molar-refractivity contribution in [1.82, 2.24) is 9.97 Å². The van der Waals surface area contributed by atoms with Crippen molar-refractivity contribution in [2.45, 2.75) is 25.7 Å². The standard InChI is InChI=1S/C10H13N3O4/c1-10(2)16-5-7(17-10)6-3-12-8(4-11-6)13-9(14)15/h3-4,7H,5H2,1-2H3,(H,12,13)(H,14,15)/t7-/m1/s1. The number of carboxylic acid groups (broad SMARTS) is 1.